The maximum absolute atomic E-state index is 12.8. The molecule has 168 valence electrons. The number of benzene rings is 2. The molecule has 0 fully saturated rings. The van der Waals surface area contributed by atoms with Crippen molar-refractivity contribution in [1.82, 2.24) is 0 Å². The molecule has 0 saturated carbocycles. The predicted octanol–water partition coefficient (Wildman–Crippen LogP) is -1.37. The molecule has 0 aliphatic rings. The van der Waals surface area contributed by atoms with E-state index in [4.69, 9.17) is 25.7 Å². The van der Waals surface area contributed by atoms with Crippen molar-refractivity contribution in [2.75, 3.05) is 25.0 Å². The molecular weight excluding hydrogens is 436 g/mol. The van der Waals surface area contributed by atoms with Crippen LogP contribution in [0.5, 0.6) is 17.2 Å². The summed E-state index contributed by atoms with van der Waals surface area (Å²) >= 11 is 0. The molecule has 2 amide bonds. The lowest BCUT2D eigenvalue weighted by Gasteiger charge is -2.18. The minimum Gasteiger partial charge on any atom is -0.595 e. The normalized spacial score (nSPS) is 12.0. The van der Waals surface area contributed by atoms with Gasteiger partial charge in [-0.3, -0.25) is 14.3 Å². The van der Waals surface area contributed by atoms with E-state index in [-0.39, 0.29) is 33.5 Å². The third kappa shape index (κ3) is 6.45. The van der Waals surface area contributed by atoms with Crippen LogP contribution in [0.2, 0.25) is 0 Å². The SMILES string of the molecule is COc1ccc([NH+]([O-])O)c(NS(=O)(=O)c2ccc(OCC(N)=O)c(OCC(N)=O)c2)c1. The number of nitrogens with two attached hydrogens (primary N) is 2. The Kier molecular flexibility index (Phi) is 7.60. The van der Waals surface area contributed by atoms with Gasteiger partial charge in [0.05, 0.1) is 12.0 Å². The van der Waals surface area contributed by atoms with Gasteiger partial charge in [0, 0.05) is 18.2 Å². The first-order chi connectivity index (χ1) is 14.5. The van der Waals surface area contributed by atoms with Crippen molar-refractivity contribution in [2.24, 2.45) is 11.5 Å². The van der Waals surface area contributed by atoms with Crippen LogP contribution >= 0.6 is 0 Å². The largest absolute Gasteiger partial charge is 0.595 e. The van der Waals surface area contributed by atoms with Gasteiger partial charge in [0.25, 0.3) is 21.8 Å². The molecule has 0 aromatic heterocycles. The Morgan fingerprint density at radius 3 is 2.23 bits per heavy atom. The number of hydrogen-bond donors (Lipinski definition) is 5. The third-order valence-corrected chi connectivity index (χ3v) is 5.03. The molecule has 13 nitrogen and oxygen atoms in total. The number of amides is 2. The Morgan fingerprint density at radius 1 is 1.06 bits per heavy atom. The number of nitrogens with one attached hydrogen (secondary N) is 2. The molecule has 1 atom stereocenters. The maximum Gasteiger partial charge on any atom is 0.262 e. The number of sulfonamides is 1. The zero-order valence-corrected chi connectivity index (χ0v) is 17.0. The highest BCUT2D eigenvalue weighted by Gasteiger charge is 2.22. The average Bonchev–Trinajstić information content (AvgIpc) is 2.70. The zero-order valence-electron chi connectivity index (χ0n) is 16.2. The highest BCUT2D eigenvalue weighted by Crippen LogP contribution is 2.32. The van der Waals surface area contributed by atoms with E-state index >= 15 is 0 Å². The summed E-state index contributed by atoms with van der Waals surface area (Å²) in [6.45, 7) is -1.12. The summed E-state index contributed by atoms with van der Waals surface area (Å²) in [5, 5.41) is 19.4. The topological polar surface area (TPSA) is 208 Å². The number of primary amides is 2. The minimum atomic E-state index is -4.32. The summed E-state index contributed by atoms with van der Waals surface area (Å²) in [6, 6.07) is 7.06. The molecule has 0 radical (unpaired) electrons. The Balaban J connectivity index is 2.42. The molecule has 0 aliphatic carbocycles. The highest BCUT2D eigenvalue weighted by atomic mass is 32.2. The fourth-order valence-electron chi connectivity index (χ4n) is 2.31. The fraction of sp³-hybridized carbons (Fsp3) is 0.176. The van der Waals surface area contributed by atoms with E-state index in [1.54, 1.807) is 0 Å². The Morgan fingerprint density at radius 2 is 1.68 bits per heavy atom. The van der Waals surface area contributed by atoms with Crippen molar-refractivity contribution in [3.63, 3.8) is 0 Å². The van der Waals surface area contributed by atoms with E-state index in [0.717, 1.165) is 12.1 Å². The van der Waals surface area contributed by atoms with Gasteiger partial charge in [-0.2, -0.15) is 5.23 Å². The Bertz CT molecular complexity index is 1070. The molecule has 0 heterocycles. The van der Waals surface area contributed by atoms with Crippen molar-refractivity contribution in [3.05, 3.63) is 41.6 Å². The van der Waals surface area contributed by atoms with Gasteiger partial charge >= 0.3 is 0 Å². The monoisotopic (exact) mass is 456 g/mol. The molecule has 2 aromatic rings. The molecular formula is C17H20N4O9S. The number of carbonyl (C=O) groups excluding carboxylic acids is 2. The van der Waals surface area contributed by atoms with Gasteiger partial charge in [0.15, 0.2) is 30.4 Å². The minimum absolute atomic E-state index is 0.0633. The van der Waals surface area contributed by atoms with Crippen LogP contribution in [0.25, 0.3) is 0 Å². The van der Waals surface area contributed by atoms with E-state index in [2.05, 4.69) is 4.72 Å². The molecule has 0 saturated heterocycles. The lowest BCUT2D eigenvalue weighted by Crippen LogP contribution is -2.99. The van der Waals surface area contributed by atoms with E-state index in [9.17, 15) is 28.4 Å². The molecule has 2 aromatic carbocycles. The zero-order chi connectivity index (χ0) is 23.2. The standard InChI is InChI=1S/C17H20N4O9S/c1-28-10-2-4-13(21(24)25)12(6-10)20-31(26,27)11-3-5-14(29-8-16(18)22)15(7-11)30-9-17(19)23/h2-7,20-21,24H,8-9H2,1H3,(H2,18,22)(H2,19,23). The van der Waals surface area contributed by atoms with Gasteiger partial charge < -0.3 is 30.9 Å². The lowest BCUT2D eigenvalue weighted by atomic mass is 10.2. The smallest absolute Gasteiger partial charge is 0.262 e. The third-order valence-electron chi connectivity index (χ3n) is 3.67. The second-order valence-electron chi connectivity index (χ2n) is 5.94. The van der Waals surface area contributed by atoms with Crippen LogP contribution in [0, 0.1) is 5.21 Å². The van der Waals surface area contributed by atoms with Crippen LogP contribution in [0.15, 0.2) is 41.3 Å². The van der Waals surface area contributed by atoms with Gasteiger partial charge in [-0.25, -0.2) is 13.6 Å². The Hall–Kier alpha value is -3.59. The van der Waals surface area contributed by atoms with Crippen molar-refractivity contribution in [2.45, 2.75) is 4.90 Å². The first-order valence-corrected chi connectivity index (χ1v) is 9.92. The highest BCUT2D eigenvalue weighted by molar-refractivity contribution is 7.92. The molecule has 1 unspecified atom stereocenters. The fourth-order valence-corrected chi connectivity index (χ4v) is 3.40. The van der Waals surface area contributed by atoms with Gasteiger partial charge in [-0.05, 0) is 18.2 Å². The summed E-state index contributed by atoms with van der Waals surface area (Å²) in [7, 11) is -2.98. The number of methoxy groups -OCH3 is 1. The van der Waals surface area contributed by atoms with Crippen molar-refractivity contribution >= 4 is 33.2 Å². The van der Waals surface area contributed by atoms with Gasteiger partial charge in [0.1, 0.15) is 11.4 Å². The van der Waals surface area contributed by atoms with Crippen LogP contribution < -0.4 is 35.6 Å². The van der Waals surface area contributed by atoms with Gasteiger partial charge in [-0.1, -0.05) is 0 Å². The van der Waals surface area contributed by atoms with Crippen LogP contribution in [0.3, 0.4) is 0 Å². The summed E-state index contributed by atoms with van der Waals surface area (Å²) in [4.78, 5) is 21.6. The lowest BCUT2D eigenvalue weighted by molar-refractivity contribution is -0.990. The molecule has 0 bridgehead atoms. The van der Waals surface area contributed by atoms with Crippen LogP contribution in [-0.4, -0.2) is 45.8 Å². The van der Waals surface area contributed by atoms with E-state index in [1.807, 2.05) is 0 Å². The van der Waals surface area contributed by atoms with Crippen LogP contribution in [0.1, 0.15) is 0 Å². The molecule has 0 spiro atoms. The number of anilines is 1. The van der Waals surface area contributed by atoms with E-state index in [0.29, 0.717) is 0 Å². The molecule has 31 heavy (non-hydrogen) atoms. The quantitative estimate of drug-likeness (QED) is 0.252. The van der Waals surface area contributed by atoms with Crippen molar-refractivity contribution < 1.29 is 42.7 Å². The summed E-state index contributed by atoms with van der Waals surface area (Å²) in [5.41, 5.74) is 9.51. The van der Waals surface area contributed by atoms with Gasteiger partial charge in [0.2, 0.25) is 0 Å². The molecule has 0 aliphatic heterocycles. The molecule has 7 N–H and O–H groups in total. The number of carbonyl (C=O) groups is 2. The number of rotatable bonds is 11. The summed E-state index contributed by atoms with van der Waals surface area (Å²) in [5.74, 6) is -1.67. The first-order valence-electron chi connectivity index (χ1n) is 8.44. The second kappa shape index (κ2) is 9.94. The van der Waals surface area contributed by atoms with Crippen molar-refractivity contribution in [3.8, 4) is 17.2 Å². The first kappa shape index (κ1) is 23.7. The summed E-state index contributed by atoms with van der Waals surface area (Å²) < 4.78 is 43.1. The number of ether oxygens (including phenoxy) is 3. The molecule has 14 heteroatoms. The average molecular weight is 456 g/mol. The number of hydrogen-bond acceptors (Lipinski definition) is 9. The van der Waals surface area contributed by atoms with Gasteiger partial charge in [-0.15, -0.1) is 0 Å². The maximum atomic E-state index is 12.8. The van der Waals surface area contributed by atoms with Crippen LogP contribution in [0.4, 0.5) is 11.4 Å². The van der Waals surface area contributed by atoms with Crippen LogP contribution in [-0.2, 0) is 19.6 Å². The van der Waals surface area contributed by atoms with Crippen molar-refractivity contribution in [1.29, 1.82) is 0 Å². The van der Waals surface area contributed by atoms with E-state index < -0.39 is 40.3 Å². The Labute approximate surface area is 176 Å². The predicted molar refractivity (Wildman–Crippen MR) is 105 cm³/mol. The summed E-state index contributed by atoms with van der Waals surface area (Å²) in [6.07, 6.45) is 0. The second-order valence-corrected chi connectivity index (χ2v) is 7.62. The number of quaternary nitrogens is 1. The van der Waals surface area contributed by atoms with E-state index in [1.165, 1.54) is 31.4 Å². The molecule has 2 rings (SSSR count).